The second kappa shape index (κ2) is 8.57. The molecule has 1 aromatic carbocycles. The molecule has 6 rings (SSSR count). The van der Waals surface area contributed by atoms with Gasteiger partial charge in [0.2, 0.25) is 0 Å². The first-order valence-corrected chi connectivity index (χ1v) is 11.5. The van der Waals surface area contributed by atoms with Crippen LogP contribution in [0, 0.1) is 11.6 Å². The number of halogens is 2. The number of benzene rings is 1. The van der Waals surface area contributed by atoms with E-state index in [1.807, 2.05) is 12.3 Å². The molecule has 0 amide bonds. The van der Waals surface area contributed by atoms with Crippen molar-refractivity contribution < 1.29 is 8.78 Å². The molecule has 1 saturated heterocycles. The summed E-state index contributed by atoms with van der Waals surface area (Å²) in [5.74, 6) is 1.27. The highest BCUT2D eigenvalue weighted by molar-refractivity contribution is 5.94. The number of hydrogen-bond acceptors (Lipinski definition) is 7. The molecular weight excluding hydrogens is 436 g/mol. The Balaban J connectivity index is 1.44. The smallest absolute Gasteiger partial charge is 0.162 e. The molecule has 3 aromatic heterocycles. The van der Waals surface area contributed by atoms with Crippen LogP contribution >= 0.6 is 0 Å². The van der Waals surface area contributed by atoms with Crippen molar-refractivity contribution in [1.82, 2.24) is 25.3 Å². The van der Waals surface area contributed by atoms with Crippen molar-refractivity contribution in [2.24, 2.45) is 0 Å². The van der Waals surface area contributed by atoms with Crippen LogP contribution in [0.5, 0.6) is 0 Å². The van der Waals surface area contributed by atoms with Crippen LogP contribution in [0.3, 0.4) is 0 Å². The highest BCUT2D eigenvalue weighted by Gasteiger charge is 2.29. The Morgan fingerprint density at radius 2 is 1.85 bits per heavy atom. The second-order valence-corrected chi connectivity index (χ2v) is 8.68. The Bertz CT molecular complexity index is 1370. The Hall–Kier alpha value is -3.72. The molecule has 0 radical (unpaired) electrons. The minimum absolute atomic E-state index is 0.0175. The standard InChI is InChI=1S/C25H23F2N7/c26-17-3-4-19(27)20(12-17)31-22-11-16(5-6-30-22)24-32-21-14-29-13-18(15-1-2-15)23(21)25(33-24)34-9-7-28-8-10-34/h3-6,11-15,28H,1-2,7-10H2,(H,30,31). The van der Waals surface area contributed by atoms with E-state index in [1.165, 1.54) is 18.4 Å². The molecule has 1 saturated carbocycles. The number of anilines is 3. The lowest BCUT2D eigenvalue weighted by molar-refractivity contribution is 0.586. The van der Waals surface area contributed by atoms with Gasteiger partial charge in [0.05, 0.1) is 17.4 Å². The van der Waals surface area contributed by atoms with Gasteiger partial charge in [0.15, 0.2) is 5.82 Å². The molecule has 2 N–H and O–H groups in total. The summed E-state index contributed by atoms with van der Waals surface area (Å²) in [6.45, 7) is 3.51. The van der Waals surface area contributed by atoms with E-state index in [9.17, 15) is 8.78 Å². The van der Waals surface area contributed by atoms with Crippen molar-refractivity contribution in [1.29, 1.82) is 0 Å². The van der Waals surface area contributed by atoms with E-state index in [0.717, 1.165) is 66.7 Å². The summed E-state index contributed by atoms with van der Waals surface area (Å²) in [6.07, 6.45) is 7.68. The van der Waals surface area contributed by atoms with Crippen LogP contribution in [0.4, 0.5) is 26.1 Å². The Kier molecular flexibility index (Phi) is 5.26. The molecule has 0 atom stereocenters. The number of aromatic nitrogens is 4. The van der Waals surface area contributed by atoms with Gasteiger partial charge < -0.3 is 15.5 Å². The maximum absolute atomic E-state index is 14.1. The minimum Gasteiger partial charge on any atom is -0.353 e. The molecule has 1 aliphatic carbocycles. The molecule has 0 spiro atoms. The van der Waals surface area contributed by atoms with E-state index in [1.54, 1.807) is 18.5 Å². The molecule has 2 fully saturated rings. The predicted octanol–water partition coefficient (Wildman–Crippen LogP) is 4.40. The van der Waals surface area contributed by atoms with E-state index in [-0.39, 0.29) is 5.69 Å². The van der Waals surface area contributed by atoms with E-state index in [2.05, 4.69) is 25.5 Å². The Labute approximate surface area is 195 Å². The van der Waals surface area contributed by atoms with Crippen LogP contribution in [0.15, 0.2) is 48.9 Å². The van der Waals surface area contributed by atoms with Gasteiger partial charge in [-0.1, -0.05) is 0 Å². The summed E-state index contributed by atoms with van der Waals surface area (Å²) >= 11 is 0. The average Bonchev–Trinajstić information content (AvgIpc) is 3.71. The lowest BCUT2D eigenvalue weighted by atomic mass is 10.1. The fourth-order valence-corrected chi connectivity index (χ4v) is 4.40. The topological polar surface area (TPSA) is 78.9 Å². The van der Waals surface area contributed by atoms with Crippen molar-refractivity contribution in [3.05, 3.63) is 66.1 Å². The van der Waals surface area contributed by atoms with Crippen LogP contribution in [-0.2, 0) is 0 Å². The van der Waals surface area contributed by atoms with E-state index < -0.39 is 11.6 Å². The van der Waals surface area contributed by atoms with Crippen molar-refractivity contribution in [3.63, 3.8) is 0 Å². The van der Waals surface area contributed by atoms with Crippen LogP contribution < -0.4 is 15.5 Å². The lowest BCUT2D eigenvalue weighted by Gasteiger charge is -2.30. The van der Waals surface area contributed by atoms with Crippen molar-refractivity contribution in [2.45, 2.75) is 18.8 Å². The van der Waals surface area contributed by atoms with Crippen molar-refractivity contribution >= 4 is 28.2 Å². The van der Waals surface area contributed by atoms with Crippen molar-refractivity contribution in [3.8, 4) is 11.4 Å². The molecule has 4 heterocycles. The van der Waals surface area contributed by atoms with E-state index in [0.29, 0.717) is 17.6 Å². The fourth-order valence-electron chi connectivity index (χ4n) is 4.40. The van der Waals surface area contributed by atoms with Gasteiger partial charge in [-0.2, -0.15) is 0 Å². The maximum Gasteiger partial charge on any atom is 0.162 e. The monoisotopic (exact) mass is 459 g/mol. The van der Waals surface area contributed by atoms with Crippen LogP contribution in [0.25, 0.3) is 22.3 Å². The van der Waals surface area contributed by atoms with Gasteiger partial charge >= 0.3 is 0 Å². The lowest BCUT2D eigenvalue weighted by Crippen LogP contribution is -2.44. The first kappa shape index (κ1) is 20.9. The molecule has 0 bridgehead atoms. The van der Waals surface area contributed by atoms with Gasteiger partial charge in [0.25, 0.3) is 0 Å². The summed E-state index contributed by atoms with van der Waals surface area (Å²) in [5, 5.41) is 7.34. The van der Waals surface area contributed by atoms with E-state index in [4.69, 9.17) is 9.97 Å². The fraction of sp³-hybridized carbons (Fsp3) is 0.280. The molecule has 2 aliphatic rings. The summed E-state index contributed by atoms with van der Waals surface area (Å²) in [7, 11) is 0. The summed E-state index contributed by atoms with van der Waals surface area (Å²) in [6, 6.07) is 6.82. The maximum atomic E-state index is 14.1. The van der Waals surface area contributed by atoms with Crippen LogP contribution in [-0.4, -0.2) is 46.1 Å². The molecular formula is C25H23F2N7. The Morgan fingerprint density at radius 3 is 2.68 bits per heavy atom. The third-order valence-corrected chi connectivity index (χ3v) is 6.26. The summed E-state index contributed by atoms with van der Waals surface area (Å²) in [4.78, 5) is 20.9. The van der Waals surface area contributed by atoms with Gasteiger partial charge in [-0.3, -0.25) is 4.98 Å². The number of piperazine rings is 1. The molecule has 0 unspecified atom stereocenters. The summed E-state index contributed by atoms with van der Waals surface area (Å²) in [5.41, 5.74) is 2.77. The van der Waals surface area contributed by atoms with Crippen molar-refractivity contribution in [2.75, 3.05) is 36.4 Å². The number of nitrogens with zero attached hydrogens (tertiary/aromatic N) is 5. The van der Waals surface area contributed by atoms with Crippen LogP contribution in [0.2, 0.25) is 0 Å². The molecule has 1 aliphatic heterocycles. The third kappa shape index (κ3) is 4.03. The van der Waals surface area contributed by atoms with Gasteiger partial charge in [-0.25, -0.2) is 23.7 Å². The highest BCUT2D eigenvalue weighted by Crippen LogP contribution is 2.44. The van der Waals surface area contributed by atoms with Gasteiger partial charge in [-0.05, 0) is 48.6 Å². The minimum atomic E-state index is -0.560. The molecule has 7 nitrogen and oxygen atoms in total. The quantitative estimate of drug-likeness (QED) is 0.458. The number of fused-ring (bicyclic) bond motifs is 1. The number of pyridine rings is 2. The van der Waals surface area contributed by atoms with Gasteiger partial charge in [0, 0.05) is 55.6 Å². The first-order valence-electron chi connectivity index (χ1n) is 11.5. The number of rotatable bonds is 5. The largest absolute Gasteiger partial charge is 0.353 e. The zero-order valence-corrected chi connectivity index (χ0v) is 18.4. The predicted molar refractivity (Wildman–Crippen MR) is 127 cm³/mol. The van der Waals surface area contributed by atoms with Crippen LogP contribution in [0.1, 0.15) is 24.3 Å². The highest BCUT2D eigenvalue weighted by atomic mass is 19.1. The van der Waals surface area contributed by atoms with Gasteiger partial charge in [-0.15, -0.1) is 0 Å². The zero-order chi connectivity index (χ0) is 23.1. The second-order valence-electron chi connectivity index (χ2n) is 8.68. The first-order chi connectivity index (χ1) is 16.7. The molecule has 34 heavy (non-hydrogen) atoms. The number of nitrogens with one attached hydrogen (secondary N) is 2. The molecule has 4 aromatic rings. The SMILES string of the molecule is Fc1ccc(F)c(Nc2cc(-c3nc(N4CCNCC4)c4c(C5CC5)cncc4n3)ccn2)c1. The zero-order valence-electron chi connectivity index (χ0n) is 18.4. The number of hydrogen-bond donors (Lipinski definition) is 2. The third-order valence-electron chi connectivity index (χ3n) is 6.26. The Morgan fingerprint density at radius 1 is 1.00 bits per heavy atom. The normalized spacial score (nSPS) is 16.1. The molecule has 172 valence electrons. The van der Waals surface area contributed by atoms with E-state index >= 15 is 0 Å². The average molecular weight is 460 g/mol. The molecule has 9 heteroatoms. The van der Waals surface area contributed by atoms with Gasteiger partial charge in [0.1, 0.15) is 23.3 Å². The summed E-state index contributed by atoms with van der Waals surface area (Å²) < 4.78 is 27.7.